The van der Waals surface area contributed by atoms with Crippen molar-refractivity contribution in [3.63, 3.8) is 0 Å². The SMILES string of the molecule is COc1ccc(C(=O)N2CC3(C2)OCC[C@H]3CCNc2ccccn2)cc1. The highest BCUT2D eigenvalue weighted by atomic mass is 16.5. The summed E-state index contributed by atoms with van der Waals surface area (Å²) in [4.78, 5) is 18.9. The molecule has 1 N–H and O–H groups in total. The Bertz CT molecular complexity index is 773. The first kappa shape index (κ1) is 17.8. The number of carbonyl (C=O) groups excluding carboxylic acids is 1. The van der Waals surface area contributed by atoms with E-state index in [0.29, 0.717) is 24.6 Å². The smallest absolute Gasteiger partial charge is 0.254 e. The number of rotatable bonds is 6. The van der Waals surface area contributed by atoms with Crippen LogP contribution in [0.15, 0.2) is 48.7 Å². The number of aromatic nitrogens is 1. The lowest BCUT2D eigenvalue weighted by Gasteiger charge is -2.50. The molecular formula is C21H25N3O3. The highest BCUT2D eigenvalue weighted by molar-refractivity contribution is 5.95. The molecule has 0 saturated carbocycles. The van der Waals surface area contributed by atoms with Gasteiger partial charge in [0.15, 0.2) is 0 Å². The molecule has 2 aromatic rings. The molecule has 2 saturated heterocycles. The van der Waals surface area contributed by atoms with Crippen LogP contribution in [0.2, 0.25) is 0 Å². The Morgan fingerprint density at radius 1 is 1.30 bits per heavy atom. The Labute approximate surface area is 159 Å². The van der Waals surface area contributed by atoms with E-state index in [9.17, 15) is 4.79 Å². The highest BCUT2D eigenvalue weighted by Gasteiger charge is 2.54. The molecular weight excluding hydrogens is 342 g/mol. The molecule has 6 nitrogen and oxygen atoms in total. The second-order valence-corrected chi connectivity index (χ2v) is 7.22. The van der Waals surface area contributed by atoms with E-state index in [2.05, 4.69) is 10.3 Å². The molecule has 1 aromatic carbocycles. The molecule has 27 heavy (non-hydrogen) atoms. The lowest BCUT2D eigenvalue weighted by atomic mass is 9.78. The number of nitrogens with one attached hydrogen (secondary N) is 1. The molecule has 0 radical (unpaired) electrons. The van der Waals surface area contributed by atoms with Crippen LogP contribution in [-0.2, 0) is 4.74 Å². The number of carbonyl (C=O) groups is 1. The zero-order valence-corrected chi connectivity index (χ0v) is 15.6. The van der Waals surface area contributed by atoms with E-state index in [1.807, 2.05) is 47.4 Å². The van der Waals surface area contributed by atoms with Gasteiger partial charge in [-0.2, -0.15) is 0 Å². The van der Waals surface area contributed by atoms with Gasteiger partial charge in [0.05, 0.1) is 20.2 Å². The summed E-state index contributed by atoms with van der Waals surface area (Å²) in [6, 6.07) is 13.1. The monoisotopic (exact) mass is 367 g/mol. The van der Waals surface area contributed by atoms with E-state index in [0.717, 1.165) is 37.6 Å². The van der Waals surface area contributed by atoms with Crippen LogP contribution >= 0.6 is 0 Å². The van der Waals surface area contributed by atoms with Crippen molar-refractivity contribution >= 4 is 11.7 Å². The maximum Gasteiger partial charge on any atom is 0.254 e. The van der Waals surface area contributed by atoms with E-state index >= 15 is 0 Å². The number of likely N-dealkylation sites (tertiary alicyclic amines) is 1. The Balaban J connectivity index is 1.31. The lowest BCUT2D eigenvalue weighted by Crippen LogP contribution is -2.66. The number of pyridine rings is 1. The topological polar surface area (TPSA) is 63.7 Å². The molecule has 0 bridgehead atoms. The van der Waals surface area contributed by atoms with Crippen LogP contribution < -0.4 is 10.1 Å². The predicted octanol–water partition coefficient (Wildman–Crippen LogP) is 2.82. The van der Waals surface area contributed by atoms with Gasteiger partial charge in [0.2, 0.25) is 0 Å². The van der Waals surface area contributed by atoms with Crippen molar-refractivity contribution in [1.29, 1.82) is 0 Å². The second kappa shape index (κ2) is 7.56. The summed E-state index contributed by atoms with van der Waals surface area (Å²) >= 11 is 0. The Morgan fingerprint density at radius 2 is 2.11 bits per heavy atom. The van der Waals surface area contributed by atoms with Crippen LogP contribution in [0.25, 0.3) is 0 Å². The molecule has 0 aliphatic carbocycles. The molecule has 1 aromatic heterocycles. The standard InChI is InChI=1S/C21H25N3O3/c1-26-18-7-5-16(6-8-18)20(25)24-14-21(15-24)17(10-13-27-21)9-12-23-19-4-2-3-11-22-19/h2-8,11,17H,9-10,12-15H2,1H3,(H,22,23)/t17-/m1/s1. The maximum atomic E-state index is 12.7. The first-order chi connectivity index (χ1) is 13.2. The largest absolute Gasteiger partial charge is 0.497 e. The number of methoxy groups -OCH3 is 1. The van der Waals surface area contributed by atoms with Gasteiger partial charge in [0.25, 0.3) is 5.91 Å². The van der Waals surface area contributed by atoms with Gasteiger partial charge in [-0.05, 0) is 55.2 Å². The number of nitrogens with zero attached hydrogens (tertiary/aromatic N) is 2. The minimum atomic E-state index is -0.173. The summed E-state index contributed by atoms with van der Waals surface area (Å²) in [6.45, 7) is 2.98. The summed E-state index contributed by atoms with van der Waals surface area (Å²) in [5.74, 6) is 2.18. The zero-order valence-electron chi connectivity index (χ0n) is 15.6. The zero-order chi connectivity index (χ0) is 18.7. The normalized spacial score (nSPS) is 20.3. The summed E-state index contributed by atoms with van der Waals surface area (Å²) in [5.41, 5.74) is 0.519. The molecule has 2 aliphatic heterocycles. The van der Waals surface area contributed by atoms with Crippen LogP contribution in [0.5, 0.6) is 5.75 Å². The van der Waals surface area contributed by atoms with Gasteiger partial charge in [-0.15, -0.1) is 0 Å². The number of ether oxygens (including phenoxy) is 2. The van der Waals surface area contributed by atoms with Crippen molar-refractivity contribution < 1.29 is 14.3 Å². The van der Waals surface area contributed by atoms with Crippen LogP contribution in [-0.4, -0.2) is 54.7 Å². The number of benzene rings is 1. The first-order valence-electron chi connectivity index (χ1n) is 9.42. The third-order valence-electron chi connectivity index (χ3n) is 5.60. The fourth-order valence-corrected chi connectivity index (χ4v) is 4.04. The predicted molar refractivity (Wildman–Crippen MR) is 103 cm³/mol. The molecule has 2 fully saturated rings. The molecule has 1 spiro atoms. The minimum Gasteiger partial charge on any atom is -0.497 e. The second-order valence-electron chi connectivity index (χ2n) is 7.22. The summed E-state index contributed by atoms with van der Waals surface area (Å²) in [6.07, 6.45) is 3.85. The van der Waals surface area contributed by atoms with E-state index in [-0.39, 0.29) is 11.5 Å². The van der Waals surface area contributed by atoms with Crippen LogP contribution in [0.1, 0.15) is 23.2 Å². The molecule has 1 amide bonds. The Hall–Kier alpha value is -2.60. The van der Waals surface area contributed by atoms with Gasteiger partial charge in [-0.25, -0.2) is 4.98 Å². The van der Waals surface area contributed by atoms with E-state index < -0.39 is 0 Å². The van der Waals surface area contributed by atoms with E-state index in [1.165, 1.54) is 0 Å². The quantitative estimate of drug-likeness (QED) is 0.851. The van der Waals surface area contributed by atoms with E-state index in [1.54, 1.807) is 13.3 Å². The van der Waals surface area contributed by atoms with Crippen molar-refractivity contribution in [2.45, 2.75) is 18.4 Å². The van der Waals surface area contributed by atoms with Gasteiger partial charge in [0, 0.05) is 24.9 Å². The molecule has 3 heterocycles. The number of amides is 1. The fourth-order valence-electron chi connectivity index (χ4n) is 4.04. The van der Waals surface area contributed by atoms with Crippen LogP contribution in [0, 0.1) is 5.92 Å². The van der Waals surface area contributed by atoms with Crippen molar-refractivity contribution in [1.82, 2.24) is 9.88 Å². The average molecular weight is 367 g/mol. The van der Waals surface area contributed by atoms with Crippen LogP contribution in [0.4, 0.5) is 5.82 Å². The van der Waals surface area contributed by atoms with Crippen molar-refractivity contribution in [3.8, 4) is 5.75 Å². The Kier molecular flexibility index (Phi) is 4.99. The number of hydrogen-bond donors (Lipinski definition) is 1. The van der Waals surface area contributed by atoms with Crippen molar-refractivity contribution in [3.05, 3.63) is 54.2 Å². The lowest BCUT2D eigenvalue weighted by molar-refractivity contribution is -0.117. The van der Waals surface area contributed by atoms with Gasteiger partial charge >= 0.3 is 0 Å². The minimum absolute atomic E-state index is 0.0594. The van der Waals surface area contributed by atoms with Crippen LogP contribution in [0.3, 0.4) is 0 Å². The number of hydrogen-bond acceptors (Lipinski definition) is 5. The summed E-state index contributed by atoms with van der Waals surface area (Å²) in [5, 5.41) is 3.37. The van der Waals surface area contributed by atoms with Gasteiger partial charge < -0.3 is 19.7 Å². The molecule has 2 aliphatic rings. The first-order valence-corrected chi connectivity index (χ1v) is 9.42. The van der Waals surface area contributed by atoms with Gasteiger partial charge in [-0.1, -0.05) is 6.07 Å². The molecule has 1 atom stereocenters. The van der Waals surface area contributed by atoms with E-state index in [4.69, 9.17) is 9.47 Å². The fraction of sp³-hybridized carbons (Fsp3) is 0.429. The molecule has 0 unspecified atom stereocenters. The summed E-state index contributed by atoms with van der Waals surface area (Å²) < 4.78 is 11.2. The number of anilines is 1. The third-order valence-corrected chi connectivity index (χ3v) is 5.60. The maximum absolute atomic E-state index is 12.7. The van der Waals surface area contributed by atoms with Gasteiger partial charge in [-0.3, -0.25) is 4.79 Å². The molecule has 142 valence electrons. The molecule has 4 rings (SSSR count). The average Bonchev–Trinajstić information content (AvgIpc) is 3.11. The van der Waals surface area contributed by atoms with Gasteiger partial charge in [0.1, 0.15) is 17.2 Å². The third kappa shape index (κ3) is 3.62. The molecule has 6 heteroatoms. The van der Waals surface area contributed by atoms with Crippen molar-refractivity contribution in [2.24, 2.45) is 5.92 Å². The Morgan fingerprint density at radius 3 is 2.81 bits per heavy atom. The van der Waals surface area contributed by atoms with Crippen molar-refractivity contribution in [2.75, 3.05) is 38.7 Å². The summed E-state index contributed by atoms with van der Waals surface area (Å²) in [7, 11) is 1.62. The highest BCUT2D eigenvalue weighted by Crippen LogP contribution is 2.42.